The van der Waals surface area contributed by atoms with Gasteiger partial charge in [0, 0.05) is 12.1 Å². The summed E-state index contributed by atoms with van der Waals surface area (Å²) in [4.78, 5) is 18.8. The lowest BCUT2D eigenvalue weighted by atomic mass is 10.1. The molecule has 0 radical (unpaired) electrons. The van der Waals surface area contributed by atoms with Gasteiger partial charge < -0.3 is 10.4 Å². The summed E-state index contributed by atoms with van der Waals surface area (Å²) in [6, 6.07) is 13.0. The molecule has 0 bridgehead atoms. The zero-order chi connectivity index (χ0) is 15.5. The van der Waals surface area contributed by atoms with Crippen LogP contribution in [0, 0.1) is 5.82 Å². The summed E-state index contributed by atoms with van der Waals surface area (Å²) in [5, 5.41) is 13.3. The molecule has 5 nitrogen and oxygen atoms in total. The third-order valence-electron chi connectivity index (χ3n) is 3.34. The first-order valence-electron chi connectivity index (χ1n) is 6.80. The summed E-state index contributed by atoms with van der Waals surface area (Å²) in [6.07, 6.45) is -1.04. The molecule has 0 aliphatic heterocycles. The number of anilines is 1. The molecule has 3 rings (SSSR count). The van der Waals surface area contributed by atoms with Crippen LogP contribution in [0.5, 0.6) is 0 Å². The second-order valence-electron chi connectivity index (χ2n) is 4.85. The molecule has 1 aromatic heterocycles. The quantitative estimate of drug-likeness (QED) is 0.690. The molecule has 1 heterocycles. The second kappa shape index (κ2) is 5.95. The molecule has 2 aromatic carbocycles. The van der Waals surface area contributed by atoms with E-state index in [2.05, 4.69) is 15.3 Å². The van der Waals surface area contributed by atoms with Gasteiger partial charge in [-0.25, -0.2) is 9.37 Å². The summed E-state index contributed by atoms with van der Waals surface area (Å²) in [5.74, 6) is -0.240. The lowest BCUT2D eigenvalue weighted by Gasteiger charge is -2.13. The van der Waals surface area contributed by atoms with Gasteiger partial charge >= 0.3 is 0 Å². The minimum atomic E-state index is -1.04. The zero-order valence-corrected chi connectivity index (χ0v) is 11.6. The highest BCUT2D eigenvalue weighted by molar-refractivity contribution is 5.78. The molecule has 0 saturated carbocycles. The minimum Gasteiger partial charge on any atom is -0.386 e. The van der Waals surface area contributed by atoms with E-state index in [1.54, 1.807) is 36.4 Å². The van der Waals surface area contributed by atoms with E-state index in [-0.39, 0.29) is 23.6 Å². The van der Waals surface area contributed by atoms with Gasteiger partial charge in [0.25, 0.3) is 5.56 Å². The Bertz CT molecular complexity index is 863. The Hall–Kier alpha value is -2.73. The van der Waals surface area contributed by atoms with Gasteiger partial charge in [-0.05, 0) is 18.2 Å². The summed E-state index contributed by atoms with van der Waals surface area (Å²) >= 11 is 0. The maximum Gasteiger partial charge on any atom is 0.260 e. The highest BCUT2D eigenvalue weighted by atomic mass is 19.1. The number of para-hydroxylation sites is 1. The summed E-state index contributed by atoms with van der Waals surface area (Å²) in [5.41, 5.74) is 0.473. The maximum atomic E-state index is 13.6. The maximum absolute atomic E-state index is 13.6. The number of benzene rings is 2. The van der Waals surface area contributed by atoms with E-state index < -0.39 is 11.9 Å². The third-order valence-corrected chi connectivity index (χ3v) is 3.34. The number of hydrogen-bond donors (Lipinski definition) is 3. The molecule has 0 amide bonds. The highest BCUT2D eigenvalue weighted by Gasteiger charge is 2.12. The molecule has 3 N–H and O–H groups in total. The van der Waals surface area contributed by atoms with Gasteiger partial charge in [-0.2, -0.15) is 0 Å². The molecular formula is C16H14FN3O2. The van der Waals surface area contributed by atoms with Gasteiger partial charge in [-0.15, -0.1) is 0 Å². The lowest BCUT2D eigenvalue weighted by Crippen LogP contribution is -2.18. The topological polar surface area (TPSA) is 78.0 Å². The fraction of sp³-hybridized carbons (Fsp3) is 0.125. The summed E-state index contributed by atoms with van der Waals surface area (Å²) in [7, 11) is 0. The van der Waals surface area contributed by atoms with Gasteiger partial charge in [0.2, 0.25) is 5.95 Å². The number of aliphatic hydroxyl groups is 1. The van der Waals surface area contributed by atoms with Gasteiger partial charge in [-0.3, -0.25) is 9.78 Å². The largest absolute Gasteiger partial charge is 0.386 e. The van der Waals surface area contributed by atoms with E-state index in [0.29, 0.717) is 10.9 Å². The van der Waals surface area contributed by atoms with Crippen LogP contribution in [0.15, 0.2) is 53.3 Å². The predicted octanol–water partition coefficient (Wildman–Crippen LogP) is 2.21. The number of nitrogens with zero attached hydrogens (tertiary/aromatic N) is 1. The Balaban J connectivity index is 1.79. The number of halogens is 1. The molecule has 0 fully saturated rings. The first-order chi connectivity index (χ1) is 10.6. The van der Waals surface area contributed by atoms with Crippen molar-refractivity contribution >= 4 is 16.9 Å². The Morgan fingerprint density at radius 2 is 1.91 bits per heavy atom. The third kappa shape index (κ3) is 2.82. The number of nitrogens with one attached hydrogen (secondary N) is 2. The molecule has 3 aromatic rings. The van der Waals surface area contributed by atoms with Crippen LogP contribution in [-0.4, -0.2) is 21.6 Å². The molecule has 0 saturated heterocycles. The van der Waals surface area contributed by atoms with E-state index in [4.69, 9.17) is 0 Å². The molecule has 6 heteroatoms. The number of fused-ring (bicyclic) bond motifs is 1. The van der Waals surface area contributed by atoms with Crippen molar-refractivity contribution < 1.29 is 9.50 Å². The minimum absolute atomic E-state index is 0.0300. The Labute approximate surface area is 125 Å². The van der Waals surface area contributed by atoms with Gasteiger partial charge in [0.05, 0.1) is 17.0 Å². The van der Waals surface area contributed by atoms with Crippen molar-refractivity contribution in [2.75, 3.05) is 11.9 Å². The fourth-order valence-electron chi connectivity index (χ4n) is 2.22. The van der Waals surface area contributed by atoms with Crippen LogP contribution in [0.4, 0.5) is 10.3 Å². The van der Waals surface area contributed by atoms with Crippen molar-refractivity contribution in [1.29, 1.82) is 0 Å². The Morgan fingerprint density at radius 1 is 1.18 bits per heavy atom. The number of aromatic nitrogens is 2. The van der Waals surface area contributed by atoms with Gasteiger partial charge in [0.1, 0.15) is 5.82 Å². The van der Waals surface area contributed by atoms with E-state index in [0.717, 1.165) is 0 Å². The van der Waals surface area contributed by atoms with Crippen LogP contribution in [-0.2, 0) is 0 Å². The standard InChI is InChI=1S/C16H14FN3O2/c17-12-7-3-1-5-10(12)14(21)9-18-16-19-13-8-4-2-6-11(13)15(22)20-16/h1-8,14,21H,9H2,(H2,18,19,20,22)/t14-/m1/s1. The fourth-order valence-corrected chi connectivity index (χ4v) is 2.22. The predicted molar refractivity (Wildman–Crippen MR) is 82.2 cm³/mol. The summed E-state index contributed by atoms with van der Waals surface area (Å²) in [6.45, 7) is 0.0300. The Morgan fingerprint density at radius 3 is 2.73 bits per heavy atom. The molecule has 1 atom stereocenters. The number of aliphatic hydroxyl groups excluding tert-OH is 1. The van der Waals surface area contributed by atoms with Crippen LogP contribution >= 0.6 is 0 Å². The molecular weight excluding hydrogens is 285 g/mol. The van der Waals surface area contributed by atoms with Crippen molar-refractivity contribution in [2.24, 2.45) is 0 Å². The second-order valence-corrected chi connectivity index (χ2v) is 4.85. The van der Waals surface area contributed by atoms with Crippen molar-refractivity contribution in [3.63, 3.8) is 0 Å². The molecule has 22 heavy (non-hydrogen) atoms. The SMILES string of the molecule is O=c1[nH]c(NC[C@@H](O)c2ccccc2F)nc2ccccc12. The summed E-state index contributed by atoms with van der Waals surface area (Å²) < 4.78 is 13.6. The van der Waals surface area contributed by atoms with Crippen LogP contribution in [0.25, 0.3) is 10.9 Å². The lowest BCUT2D eigenvalue weighted by molar-refractivity contribution is 0.186. The van der Waals surface area contributed by atoms with E-state index in [1.165, 1.54) is 12.1 Å². The van der Waals surface area contributed by atoms with Crippen molar-refractivity contribution in [2.45, 2.75) is 6.10 Å². The average Bonchev–Trinajstić information content (AvgIpc) is 2.53. The first-order valence-corrected chi connectivity index (χ1v) is 6.80. The zero-order valence-electron chi connectivity index (χ0n) is 11.6. The normalized spacial score (nSPS) is 12.3. The van der Waals surface area contributed by atoms with E-state index in [9.17, 15) is 14.3 Å². The van der Waals surface area contributed by atoms with Crippen molar-refractivity contribution in [1.82, 2.24) is 9.97 Å². The van der Waals surface area contributed by atoms with E-state index >= 15 is 0 Å². The first kappa shape index (κ1) is 14.2. The number of hydrogen-bond acceptors (Lipinski definition) is 4. The van der Waals surface area contributed by atoms with Crippen LogP contribution in [0.1, 0.15) is 11.7 Å². The monoisotopic (exact) mass is 299 g/mol. The van der Waals surface area contributed by atoms with Crippen molar-refractivity contribution in [3.8, 4) is 0 Å². The molecule has 112 valence electrons. The number of rotatable bonds is 4. The van der Waals surface area contributed by atoms with Gasteiger partial charge in [0.15, 0.2) is 0 Å². The smallest absolute Gasteiger partial charge is 0.260 e. The Kier molecular flexibility index (Phi) is 3.84. The molecule has 0 aliphatic rings. The average molecular weight is 299 g/mol. The molecule has 0 aliphatic carbocycles. The molecule has 0 spiro atoms. The number of aromatic amines is 1. The van der Waals surface area contributed by atoms with Crippen LogP contribution in [0.2, 0.25) is 0 Å². The van der Waals surface area contributed by atoms with Crippen molar-refractivity contribution in [3.05, 3.63) is 70.3 Å². The molecule has 0 unspecified atom stereocenters. The van der Waals surface area contributed by atoms with Gasteiger partial charge in [-0.1, -0.05) is 30.3 Å². The highest BCUT2D eigenvalue weighted by Crippen LogP contribution is 2.17. The van der Waals surface area contributed by atoms with E-state index in [1.807, 2.05) is 0 Å². The van der Waals surface area contributed by atoms with Crippen LogP contribution in [0.3, 0.4) is 0 Å². The van der Waals surface area contributed by atoms with Crippen LogP contribution < -0.4 is 10.9 Å². The number of H-pyrrole nitrogens is 1.